The Morgan fingerprint density at radius 3 is 2.39 bits per heavy atom. The van der Waals surface area contributed by atoms with Crippen LogP contribution in [0.15, 0.2) is 65.5 Å². The van der Waals surface area contributed by atoms with E-state index >= 15 is 0 Å². The Balaban J connectivity index is 1.35. The van der Waals surface area contributed by atoms with Gasteiger partial charge in [0.25, 0.3) is 5.56 Å². The van der Waals surface area contributed by atoms with Gasteiger partial charge in [-0.25, -0.2) is 4.39 Å². The van der Waals surface area contributed by atoms with Gasteiger partial charge >= 0.3 is 0 Å². The van der Waals surface area contributed by atoms with E-state index < -0.39 is 0 Å². The van der Waals surface area contributed by atoms with Crippen LogP contribution in [0.2, 0.25) is 0 Å². The van der Waals surface area contributed by atoms with Crippen LogP contribution in [0.25, 0.3) is 17.2 Å². The zero-order chi connectivity index (χ0) is 22.9. The number of hydrogen-bond donors (Lipinski definition) is 0. The predicted molar refractivity (Wildman–Crippen MR) is 123 cm³/mol. The van der Waals surface area contributed by atoms with Gasteiger partial charge in [0, 0.05) is 49.2 Å². The summed E-state index contributed by atoms with van der Waals surface area (Å²) in [4.78, 5) is 34.1. The maximum absolute atomic E-state index is 13.2. The van der Waals surface area contributed by atoms with Gasteiger partial charge in [-0.3, -0.25) is 9.59 Å². The Morgan fingerprint density at radius 1 is 1.00 bits per heavy atom. The van der Waals surface area contributed by atoms with Crippen LogP contribution in [0.5, 0.6) is 0 Å². The van der Waals surface area contributed by atoms with E-state index in [1.807, 2.05) is 35.2 Å². The van der Waals surface area contributed by atoms with Gasteiger partial charge in [0.05, 0.1) is 0 Å². The van der Waals surface area contributed by atoms with Gasteiger partial charge in [0.1, 0.15) is 12.4 Å². The lowest BCUT2D eigenvalue weighted by Gasteiger charge is -2.36. The van der Waals surface area contributed by atoms with Gasteiger partial charge in [-0.2, -0.15) is 9.50 Å². The van der Waals surface area contributed by atoms with Crippen molar-refractivity contribution < 1.29 is 9.18 Å². The highest BCUT2D eigenvalue weighted by Crippen LogP contribution is 2.18. The summed E-state index contributed by atoms with van der Waals surface area (Å²) in [7, 11) is 0. The largest absolute Gasteiger partial charge is 0.368 e. The third-order valence-electron chi connectivity index (χ3n) is 5.95. The fourth-order valence-corrected chi connectivity index (χ4v) is 4.11. The van der Waals surface area contributed by atoms with Crippen LogP contribution in [-0.2, 0) is 11.3 Å². The van der Waals surface area contributed by atoms with Crippen molar-refractivity contribution in [2.24, 2.45) is 0 Å². The summed E-state index contributed by atoms with van der Waals surface area (Å²) in [5.74, 6) is 0.468. The van der Waals surface area contributed by atoms with E-state index in [0.717, 1.165) is 11.3 Å². The number of benzene rings is 2. The molecule has 1 aliphatic rings. The van der Waals surface area contributed by atoms with Crippen molar-refractivity contribution >= 4 is 17.4 Å². The number of hydrogen-bond acceptors (Lipinski definition) is 5. The smallest absolute Gasteiger partial charge is 0.275 e. The molecule has 0 spiro atoms. The van der Waals surface area contributed by atoms with Crippen molar-refractivity contribution in [2.45, 2.75) is 13.5 Å². The van der Waals surface area contributed by atoms with Crippen LogP contribution in [0.3, 0.4) is 0 Å². The minimum atomic E-state index is -0.284. The van der Waals surface area contributed by atoms with E-state index in [1.165, 1.54) is 22.7 Å². The highest BCUT2D eigenvalue weighted by atomic mass is 19.1. The number of carbonyl (C=O) groups excluding carboxylic acids is 1. The number of halogens is 1. The van der Waals surface area contributed by atoms with Crippen molar-refractivity contribution in [2.75, 3.05) is 31.1 Å². The molecule has 0 N–H and O–H groups in total. The molecule has 0 radical (unpaired) electrons. The topological polar surface area (TPSA) is 75.7 Å². The third kappa shape index (κ3) is 4.09. The van der Waals surface area contributed by atoms with E-state index in [9.17, 15) is 14.0 Å². The van der Waals surface area contributed by atoms with Crippen LogP contribution in [0, 0.1) is 12.7 Å². The minimum Gasteiger partial charge on any atom is -0.368 e. The summed E-state index contributed by atoms with van der Waals surface area (Å²) >= 11 is 0. The maximum Gasteiger partial charge on any atom is 0.275 e. The van der Waals surface area contributed by atoms with Crippen molar-refractivity contribution in [3.8, 4) is 11.4 Å². The van der Waals surface area contributed by atoms with Crippen LogP contribution in [0.1, 0.15) is 5.69 Å². The predicted octanol–water partition coefficient (Wildman–Crippen LogP) is 2.35. The van der Waals surface area contributed by atoms with Crippen LogP contribution >= 0.6 is 0 Å². The number of nitrogens with zero attached hydrogens (tertiary/aromatic N) is 6. The lowest BCUT2D eigenvalue weighted by Crippen LogP contribution is -2.49. The zero-order valence-corrected chi connectivity index (χ0v) is 18.2. The van der Waals surface area contributed by atoms with Crippen LogP contribution in [0.4, 0.5) is 10.1 Å². The summed E-state index contributed by atoms with van der Waals surface area (Å²) in [6.45, 7) is 4.32. The second kappa shape index (κ2) is 8.50. The molecule has 1 saturated heterocycles. The lowest BCUT2D eigenvalue weighted by molar-refractivity contribution is -0.132. The molecule has 8 nitrogen and oxygen atoms in total. The van der Waals surface area contributed by atoms with Gasteiger partial charge in [-0.15, -0.1) is 5.10 Å². The molecule has 1 fully saturated rings. The fraction of sp³-hybridized carbons (Fsp3) is 0.250. The third-order valence-corrected chi connectivity index (χ3v) is 5.95. The molecule has 0 atom stereocenters. The Bertz CT molecular complexity index is 1360. The monoisotopic (exact) mass is 446 g/mol. The van der Waals surface area contributed by atoms with Crippen LogP contribution in [-0.4, -0.2) is 56.2 Å². The van der Waals surface area contributed by atoms with E-state index in [1.54, 1.807) is 23.6 Å². The average molecular weight is 446 g/mol. The second-order valence-electron chi connectivity index (χ2n) is 8.07. The second-order valence-corrected chi connectivity index (χ2v) is 8.07. The normalized spacial score (nSPS) is 14.1. The highest BCUT2D eigenvalue weighted by molar-refractivity contribution is 5.77. The fourth-order valence-electron chi connectivity index (χ4n) is 4.11. The molecule has 1 amide bonds. The number of amides is 1. The standard InChI is InChI=1S/C24H23FN6O2/c1-17-15-21(32)31-24(26-23(27-31)18-5-3-2-4-6-18)30(17)16-22(33)29-13-11-28(12-14-29)20-9-7-19(25)8-10-20/h2-10,15H,11-14,16H2,1H3. The molecule has 0 aliphatic carbocycles. The molecule has 1 aliphatic heterocycles. The first kappa shape index (κ1) is 20.9. The van der Waals surface area contributed by atoms with Gasteiger partial charge in [-0.05, 0) is 31.2 Å². The van der Waals surface area contributed by atoms with Gasteiger partial charge in [0.15, 0.2) is 5.82 Å². The average Bonchev–Trinajstić information content (AvgIpc) is 3.29. The van der Waals surface area contributed by atoms with Crippen LogP contribution < -0.4 is 10.5 Å². The molecule has 33 heavy (non-hydrogen) atoms. The van der Waals surface area contributed by atoms with Crippen molar-refractivity contribution in [1.29, 1.82) is 0 Å². The van der Waals surface area contributed by atoms with Gasteiger partial charge in [-0.1, -0.05) is 30.3 Å². The Labute approximate surface area is 189 Å². The Hall–Kier alpha value is -4.01. The van der Waals surface area contributed by atoms with E-state index in [4.69, 9.17) is 0 Å². The Morgan fingerprint density at radius 2 is 1.70 bits per heavy atom. The highest BCUT2D eigenvalue weighted by Gasteiger charge is 2.23. The molecule has 0 bridgehead atoms. The summed E-state index contributed by atoms with van der Waals surface area (Å²) in [5, 5.41) is 4.37. The molecule has 0 unspecified atom stereocenters. The summed E-state index contributed by atoms with van der Waals surface area (Å²) in [5.41, 5.74) is 2.11. The molecule has 168 valence electrons. The van der Waals surface area contributed by atoms with Crippen molar-refractivity contribution in [3.63, 3.8) is 0 Å². The van der Waals surface area contributed by atoms with Gasteiger partial charge < -0.3 is 14.4 Å². The molecule has 2 aromatic carbocycles. The van der Waals surface area contributed by atoms with E-state index in [2.05, 4.69) is 15.0 Å². The molecule has 0 saturated carbocycles. The number of fused-ring (bicyclic) bond motifs is 1. The number of aryl methyl sites for hydroxylation is 1. The number of piperazine rings is 1. The molecule has 4 aromatic rings. The Kier molecular flexibility index (Phi) is 5.37. The molecule has 9 heteroatoms. The maximum atomic E-state index is 13.2. The summed E-state index contributed by atoms with van der Waals surface area (Å²) in [6.07, 6.45) is 0. The first-order valence-corrected chi connectivity index (χ1v) is 10.8. The molecule has 5 rings (SSSR count). The number of aromatic nitrogens is 4. The number of anilines is 1. The zero-order valence-electron chi connectivity index (χ0n) is 18.2. The summed E-state index contributed by atoms with van der Waals surface area (Å²) in [6, 6.07) is 17.3. The summed E-state index contributed by atoms with van der Waals surface area (Å²) < 4.78 is 16.2. The van der Waals surface area contributed by atoms with Crippen molar-refractivity contribution in [3.05, 3.63) is 82.5 Å². The quantitative estimate of drug-likeness (QED) is 0.481. The minimum absolute atomic E-state index is 0.0494. The molecular weight excluding hydrogens is 423 g/mol. The molecule has 3 heterocycles. The first-order chi connectivity index (χ1) is 16.0. The lowest BCUT2D eigenvalue weighted by atomic mass is 10.2. The van der Waals surface area contributed by atoms with E-state index in [-0.39, 0.29) is 23.8 Å². The SMILES string of the molecule is Cc1cc(=O)n2nc(-c3ccccc3)nc2n1CC(=O)N1CCN(c2ccc(F)cc2)CC1. The number of carbonyl (C=O) groups is 1. The molecule has 2 aromatic heterocycles. The number of rotatable bonds is 4. The first-order valence-electron chi connectivity index (χ1n) is 10.8. The van der Waals surface area contributed by atoms with Crippen molar-refractivity contribution in [1.82, 2.24) is 24.1 Å². The molecular formula is C24H23FN6O2. The van der Waals surface area contributed by atoms with E-state index in [0.29, 0.717) is 43.5 Å². The van der Waals surface area contributed by atoms with Gasteiger partial charge in [0.2, 0.25) is 11.7 Å².